The first-order valence-electron chi connectivity index (χ1n) is 4.42. The third-order valence-electron chi connectivity index (χ3n) is 1.97. The van der Waals surface area contributed by atoms with Crippen molar-refractivity contribution in [2.45, 2.75) is 6.92 Å². The lowest BCUT2D eigenvalue weighted by Gasteiger charge is -1.98. The van der Waals surface area contributed by atoms with Gasteiger partial charge in [-0.2, -0.15) is 0 Å². The SMILES string of the molecule is C=C/C=C\C(=C(/C)c1cnoc1N)[N+](=O)[O-]. The molecule has 0 saturated heterocycles. The number of rotatable bonds is 4. The van der Waals surface area contributed by atoms with Crippen molar-refractivity contribution in [1.29, 1.82) is 0 Å². The van der Waals surface area contributed by atoms with Crippen LogP contribution in [0.1, 0.15) is 12.5 Å². The molecule has 0 aromatic carbocycles. The highest BCUT2D eigenvalue weighted by molar-refractivity contribution is 5.72. The molecule has 16 heavy (non-hydrogen) atoms. The minimum atomic E-state index is -0.498. The summed E-state index contributed by atoms with van der Waals surface area (Å²) in [7, 11) is 0. The van der Waals surface area contributed by atoms with Gasteiger partial charge in [0.1, 0.15) is 0 Å². The molecule has 1 aromatic heterocycles. The molecule has 0 amide bonds. The van der Waals surface area contributed by atoms with E-state index < -0.39 is 4.92 Å². The van der Waals surface area contributed by atoms with Crippen molar-refractivity contribution in [3.63, 3.8) is 0 Å². The van der Waals surface area contributed by atoms with Crippen LogP contribution >= 0.6 is 0 Å². The first kappa shape index (κ1) is 11.7. The summed E-state index contributed by atoms with van der Waals surface area (Å²) in [6.07, 6.45) is 5.61. The van der Waals surface area contributed by atoms with E-state index in [0.29, 0.717) is 11.1 Å². The highest BCUT2D eigenvalue weighted by atomic mass is 16.6. The molecule has 0 aliphatic rings. The van der Waals surface area contributed by atoms with Crippen LogP contribution in [-0.2, 0) is 0 Å². The average Bonchev–Trinajstić information content (AvgIpc) is 2.64. The van der Waals surface area contributed by atoms with Crippen LogP contribution in [0.5, 0.6) is 0 Å². The molecule has 0 aliphatic carbocycles. The quantitative estimate of drug-likeness (QED) is 0.476. The van der Waals surface area contributed by atoms with Crippen LogP contribution in [0.3, 0.4) is 0 Å². The summed E-state index contributed by atoms with van der Waals surface area (Å²) in [6.45, 7) is 5.02. The van der Waals surface area contributed by atoms with Gasteiger partial charge in [0.15, 0.2) is 0 Å². The van der Waals surface area contributed by atoms with Crippen LogP contribution in [0, 0.1) is 10.1 Å². The molecular formula is C10H11N3O3. The Morgan fingerprint density at radius 3 is 2.88 bits per heavy atom. The Hall–Kier alpha value is -2.37. The Kier molecular flexibility index (Phi) is 3.60. The molecular weight excluding hydrogens is 210 g/mol. The van der Waals surface area contributed by atoms with Gasteiger partial charge in [-0.25, -0.2) is 0 Å². The van der Waals surface area contributed by atoms with E-state index in [4.69, 9.17) is 5.73 Å². The Bertz CT molecular complexity index is 471. The fourth-order valence-electron chi connectivity index (χ4n) is 1.15. The number of nitrogens with zero attached hydrogens (tertiary/aromatic N) is 2. The molecule has 0 bridgehead atoms. The zero-order valence-electron chi connectivity index (χ0n) is 8.71. The normalized spacial score (nSPS) is 12.6. The predicted molar refractivity (Wildman–Crippen MR) is 59.8 cm³/mol. The summed E-state index contributed by atoms with van der Waals surface area (Å²) in [4.78, 5) is 10.3. The van der Waals surface area contributed by atoms with Gasteiger partial charge in [0.2, 0.25) is 5.88 Å². The maximum Gasteiger partial charge on any atom is 0.273 e. The summed E-state index contributed by atoms with van der Waals surface area (Å²) in [5.41, 5.74) is 6.21. The lowest BCUT2D eigenvalue weighted by atomic mass is 10.1. The lowest BCUT2D eigenvalue weighted by Crippen LogP contribution is -1.99. The number of anilines is 1. The van der Waals surface area contributed by atoms with Crippen LogP contribution < -0.4 is 5.73 Å². The van der Waals surface area contributed by atoms with Crippen molar-refractivity contribution in [3.8, 4) is 0 Å². The summed E-state index contributed by atoms with van der Waals surface area (Å²) >= 11 is 0. The van der Waals surface area contributed by atoms with E-state index in [2.05, 4.69) is 16.3 Å². The highest BCUT2D eigenvalue weighted by Crippen LogP contribution is 2.24. The molecule has 0 aliphatic heterocycles. The fourth-order valence-corrected chi connectivity index (χ4v) is 1.15. The summed E-state index contributed by atoms with van der Waals surface area (Å²) < 4.78 is 4.65. The molecule has 6 heteroatoms. The van der Waals surface area contributed by atoms with Gasteiger partial charge in [-0.1, -0.05) is 23.9 Å². The van der Waals surface area contributed by atoms with Crippen LogP contribution in [0.15, 0.2) is 41.2 Å². The molecule has 1 heterocycles. The largest absolute Gasteiger partial charge is 0.367 e. The molecule has 84 valence electrons. The molecule has 0 spiro atoms. The number of nitrogens with two attached hydrogens (primary N) is 1. The van der Waals surface area contributed by atoms with Crippen molar-refractivity contribution >= 4 is 11.5 Å². The topological polar surface area (TPSA) is 95.2 Å². The highest BCUT2D eigenvalue weighted by Gasteiger charge is 2.17. The second-order valence-corrected chi connectivity index (χ2v) is 2.97. The number of allylic oxidation sites excluding steroid dienone is 4. The third kappa shape index (κ3) is 2.35. The van der Waals surface area contributed by atoms with E-state index in [1.165, 1.54) is 24.4 Å². The van der Waals surface area contributed by atoms with Gasteiger partial charge in [0.25, 0.3) is 5.70 Å². The number of nitro groups is 1. The Balaban J connectivity index is 3.27. The molecule has 0 radical (unpaired) electrons. The van der Waals surface area contributed by atoms with Crippen molar-refractivity contribution in [3.05, 3.63) is 52.4 Å². The molecule has 0 unspecified atom stereocenters. The molecule has 0 atom stereocenters. The molecule has 1 aromatic rings. The zero-order valence-corrected chi connectivity index (χ0v) is 8.71. The number of hydrogen-bond donors (Lipinski definition) is 1. The maximum atomic E-state index is 10.8. The maximum absolute atomic E-state index is 10.8. The Labute approximate surface area is 91.9 Å². The smallest absolute Gasteiger partial charge is 0.273 e. The van der Waals surface area contributed by atoms with Gasteiger partial charge in [0.05, 0.1) is 16.7 Å². The fraction of sp³-hybridized carbons (Fsp3) is 0.100. The summed E-state index contributed by atoms with van der Waals surface area (Å²) in [5, 5.41) is 14.3. The first-order valence-corrected chi connectivity index (χ1v) is 4.42. The number of hydrogen-bond acceptors (Lipinski definition) is 5. The number of nitrogen functional groups attached to an aromatic ring is 1. The molecule has 2 N–H and O–H groups in total. The van der Waals surface area contributed by atoms with E-state index in [9.17, 15) is 10.1 Å². The van der Waals surface area contributed by atoms with Crippen LogP contribution in [0.2, 0.25) is 0 Å². The van der Waals surface area contributed by atoms with Crippen molar-refractivity contribution in [1.82, 2.24) is 5.16 Å². The standard InChI is InChI=1S/C10H11N3O3/c1-3-4-5-9(13(14)15)7(2)8-6-12-16-10(8)11/h3-6H,1,11H2,2H3/b5-4-,9-7-. The predicted octanol–water partition coefficient (Wildman–Crippen LogP) is 2.01. The van der Waals surface area contributed by atoms with Gasteiger partial charge in [0, 0.05) is 11.6 Å². The minimum absolute atomic E-state index is 0.0591. The van der Waals surface area contributed by atoms with E-state index >= 15 is 0 Å². The average molecular weight is 221 g/mol. The van der Waals surface area contributed by atoms with Crippen LogP contribution in [0.25, 0.3) is 5.57 Å². The van der Waals surface area contributed by atoms with E-state index in [1.54, 1.807) is 6.92 Å². The third-order valence-corrected chi connectivity index (χ3v) is 1.97. The minimum Gasteiger partial charge on any atom is -0.367 e. The first-order chi connectivity index (χ1) is 7.57. The second-order valence-electron chi connectivity index (χ2n) is 2.97. The van der Waals surface area contributed by atoms with Crippen molar-refractivity contribution < 1.29 is 9.45 Å². The lowest BCUT2D eigenvalue weighted by molar-refractivity contribution is -0.418. The Morgan fingerprint density at radius 2 is 2.44 bits per heavy atom. The van der Waals surface area contributed by atoms with Crippen LogP contribution in [0.4, 0.5) is 5.88 Å². The summed E-state index contributed by atoms with van der Waals surface area (Å²) in [5.74, 6) is 0.0591. The molecule has 6 nitrogen and oxygen atoms in total. The van der Waals surface area contributed by atoms with E-state index in [-0.39, 0.29) is 11.6 Å². The van der Waals surface area contributed by atoms with Gasteiger partial charge in [-0.05, 0) is 6.92 Å². The van der Waals surface area contributed by atoms with Crippen molar-refractivity contribution in [2.75, 3.05) is 5.73 Å². The molecule has 0 saturated carbocycles. The molecule has 0 fully saturated rings. The summed E-state index contributed by atoms with van der Waals surface area (Å²) in [6, 6.07) is 0. The zero-order chi connectivity index (χ0) is 12.1. The van der Waals surface area contributed by atoms with E-state index in [0.717, 1.165) is 0 Å². The second kappa shape index (κ2) is 4.92. The molecule has 1 rings (SSSR count). The van der Waals surface area contributed by atoms with Gasteiger partial charge in [-0.3, -0.25) is 10.1 Å². The van der Waals surface area contributed by atoms with Crippen molar-refractivity contribution in [2.24, 2.45) is 0 Å². The monoisotopic (exact) mass is 221 g/mol. The van der Waals surface area contributed by atoms with Gasteiger partial charge >= 0.3 is 0 Å². The van der Waals surface area contributed by atoms with Gasteiger partial charge < -0.3 is 10.3 Å². The van der Waals surface area contributed by atoms with Gasteiger partial charge in [-0.15, -0.1) is 0 Å². The number of aromatic nitrogens is 1. The van der Waals surface area contributed by atoms with E-state index in [1.807, 2.05) is 0 Å². The van der Waals surface area contributed by atoms with Crippen LogP contribution in [-0.4, -0.2) is 10.1 Å². The Morgan fingerprint density at radius 1 is 1.75 bits per heavy atom.